The topological polar surface area (TPSA) is 29.3 Å². The number of hydrogen-bond acceptors (Lipinski definition) is 3. The van der Waals surface area contributed by atoms with Gasteiger partial charge in [-0.05, 0) is 36.6 Å². The Hall–Kier alpha value is -0.350. The molecule has 1 rings (SSSR count). The van der Waals surface area contributed by atoms with Gasteiger partial charge in [0, 0.05) is 18.1 Å². The maximum absolute atomic E-state index is 5.95. The summed E-state index contributed by atoms with van der Waals surface area (Å²) < 4.78 is 1.03. The smallest absolute Gasteiger partial charge is 0.0598 e. The molecule has 0 atom stereocenters. The lowest BCUT2D eigenvalue weighted by atomic mass is 10.2. The highest BCUT2D eigenvalue weighted by molar-refractivity contribution is 9.10. The zero-order chi connectivity index (χ0) is 11.3. The maximum Gasteiger partial charge on any atom is 0.0598 e. The van der Waals surface area contributed by atoms with Crippen molar-refractivity contribution in [2.24, 2.45) is 0 Å². The molecule has 0 saturated carbocycles. The van der Waals surface area contributed by atoms with E-state index in [4.69, 9.17) is 5.73 Å². The van der Waals surface area contributed by atoms with Crippen LogP contribution in [0.5, 0.6) is 0 Å². The summed E-state index contributed by atoms with van der Waals surface area (Å²) in [6, 6.07) is 6.02. The first-order chi connectivity index (χ1) is 7.15. The molecule has 2 nitrogen and oxygen atoms in total. The molecule has 0 amide bonds. The summed E-state index contributed by atoms with van der Waals surface area (Å²) in [5.74, 6) is 1.20. The van der Waals surface area contributed by atoms with Gasteiger partial charge in [0.25, 0.3) is 0 Å². The molecule has 4 heteroatoms. The van der Waals surface area contributed by atoms with E-state index in [1.807, 2.05) is 23.9 Å². The van der Waals surface area contributed by atoms with E-state index in [0.717, 1.165) is 22.4 Å². The Morgan fingerprint density at radius 1 is 1.47 bits per heavy atom. The molecule has 0 bridgehead atoms. The number of rotatable bonds is 5. The zero-order valence-corrected chi connectivity index (χ0v) is 11.6. The van der Waals surface area contributed by atoms with Crippen LogP contribution in [0.3, 0.4) is 0 Å². The van der Waals surface area contributed by atoms with Gasteiger partial charge in [-0.2, -0.15) is 11.8 Å². The lowest BCUT2D eigenvalue weighted by Crippen LogP contribution is -2.20. The van der Waals surface area contributed by atoms with Gasteiger partial charge in [0.1, 0.15) is 0 Å². The molecule has 2 N–H and O–H groups in total. The second-order valence-corrected chi connectivity index (χ2v) is 5.37. The van der Waals surface area contributed by atoms with Crippen LogP contribution >= 0.6 is 27.7 Å². The van der Waals surface area contributed by atoms with Gasteiger partial charge in [-0.3, -0.25) is 0 Å². The predicted octanol–water partition coefficient (Wildman–Crippen LogP) is 3.22. The molecule has 0 saturated heterocycles. The standard InChI is InChI=1S/C11H17BrN2S/c1-14(6-3-7-15-2)11-5-4-9(12)8-10(11)13/h4-5,8H,3,6-7,13H2,1-2H3. The molecule has 0 aromatic heterocycles. The van der Waals surface area contributed by atoms with Gasteiger partial charge in [-0.25, -0.2) is 0 Å². The third-order valence-electron chi connectivity index (χ3n) is 2.24. The van der Waals surface area contributed by atoms with Gasteiger partial charge in [0.15, 0.2) is 0 Å². The molecule has 15 heavy (non-hydrogen) atoms. The van der Waals surface area contributed by atoms with E-state index in [-0.39, 0.29) is 0 Å². The summed E-state index contributed by atoms with van der Waals surface area (Å²) in [4.78, 5) is 2.21. The van der Waals surface area contributed by atoms with Crippen LogP contribution in [0.25, 0.3) is 0 Å². The van der Waals surface area contributed by atoms with Crippen LogP contribution in [0, 0.1) is 0 Å². The Morgan fingerprint density at radius 2 is 2.20 bits per heavy atom. The second kappa shape index (κ2) is 6.28. The molecule has 0 spiro atoms. The fourth-order valence-electron chi connectivity index (χ4n) is 1.44. The largest absolute Gasteiger partial charge is 0.397 e. The van der Waals surface area contributed by atoms with Gasteiger partial charge in [-0.15, -0.1) is 0 Å². The minimum Gasteiger partial charge on any atom is -0.397 e. The second-order valence-electron chi connectivity index (χ2n) is 3.47. The van der Waals surface area contributed by atoms with Crippen molar-refractivity contribution >= 4 is 39.1 Å². The number of benzene rings is 1. The molecule has 0 radical (unpaired) electrons. The zero-order valence-electron chi connectivity index (χ0n) is 9.16. The SMILES string of the molecule is CSCCCN(C)c1ccc(Br)cc1N. The van der Waals surface area contributed by atoms with Crippen molar-refractivity contribution in [1.82, 2.24) is 0 Å². The molecule has 0 aliphatic carbocycles. The Morgan fingerprint density at radius 3 is 2.80 bits per heavy atom. The average Bonchev–Trinajstić information content (AvgIpc) is 2.17. The van der Waals surface area contributed by atoms with Crippen molar-refractivity contribution in [2.75, 3.05) is 36.2 Å². The summed E-state index contributed by atoms with van der Waals surface area (Å²) in [6.07, 6.45) is 3.32. The highest BCUT2D eigenvalue weighted by atomic mass is 79.9. The van der Waals surface area contributed by atoms with E-state index in [1.54, 1.807) is 0 Å². The van der Waals surface area contributed by atoms with E-state index in [9.17, 15) is 0 Å². The molecule has 0 aliphatic heterocycles. The van der Waals surface area contributed by atoms with Crippen LogP contribution in [-0.2, 0) is 0 Å². The number of nitrogens with zero attached hydrogens (tertiary/aromatic N) is 1. The molecule has 1 aromatic rings. The lowest BCUT2D eigenvalue weighted by Gasteiger charge is -2.21. The maximum atomic E-state index is 5.95. The summed E-state index contributed by atoms with van der Waals surface area (Å²) in [5, 5.41) is 0. The predicted molar refractivity (Wildman–Crippen MR) is 74.8 cm³/mol. The fraction of sp³-hybridized carbons (Fsp3) is 0.455. The van der Waals surface area contributed by atoms with E-state index in [1.165, 1.54) is 12.2 Å². The Kier molecular flexibility index (Phi) is 5.32. The summed E-state index contributed by atoms with van der Waals surface area (Å²) in [6.45, 7) is 1.05. The first-order valence-electron chi connectivity index (χ1n) is 4.90. The normalized spacial score (nSPS) is 10.3. The first-order valence-corrected chi connectivity index (χ1v) is 7.09. The molecule has 0 unspecified atom stereocenters. The van der Waals surface area contributed by atoms with Crippen molar-refractivity contribution in [2.45, 2.75) is 6.42 Å². The summed E-state index contributed by atoms with van der Waals surface area (Å²) in [5.41, 5.74) is 7.89. The molecular formula is C11H17BrN2S. The highest BCUT2D eigenvalue weighted by Gasteiger charge is 2.04. The Bertz CT molecular complexity index is 317. The van der Waals surface area contributed by atoms with Crippen LogP contribution in [0.15, 0.2) is 22.7 Å². The third-order valence-corrected chi connectivity index (χ3v) is 3.43. The fourth-order valence-corrected chi connectivity index (χ4v) is 2.24. The van der Waals surface area contributed by atoms with Crippen molar-refractivity contribution in [3.05, 3.63) is 22.7 Å². The molecule has 1 aromatic carbocycles. The van der Waals surface area contributed by atoms with E-state index in [2.05, 4.69) is 40.2 Å². The van der Waals surface area contributed by atoms with E-state index in [0.29, 0.717) is 0 Å². The number of hydrogen-bond donors (Lipinski definition) is 1. The van der Waals surface area contributed by atoms with Crippen LogP contribution in [-0.4, -0.2) is 25.6 Å². The monoisotopic (exact) mass is 288 g/mol. The van der Waals surface area contributed by atoms with Crippen molar-refractivity contribution in [3.63, 3.8) is 0 Å². The number of thioether (sulfide) groups is 1. The molecule has 0 heterocycles. The summed E-state index contributed by atoms with van der Waals surface area (Å²) >= 11 is 5.29. The quantitative estimate of drug-likeness (QED) is 0.666. The third kappa shape index (κ3) is 3.95. The Labute approximate surface area is 104 Å². The minimum atomic E-state index is 0.830. The van der Waals surface area contributed by atoms with Gasteiger partial charge in [0.2, 0.25) is 0 Å². The van der Waals surface area contributed by atoms with Crippen molar-refractivity contribution < 1.29 is 0 Å². The van der Waals surface area contributed by atoms with Crippen molar-refractivity contribution in [3.8, 4) is 0 Å². The number of nitrogens with two attached hydrogens (primary N) is 1. The average molecular weight is 289 g/mol. The van der Waals surface area contributed by atoms with Gasteiger partial charge < -0.3 is 10.6 Å². The number of halogens is 1. The number of anilines is 2. The van der Waals surface area contributed by atoms with Crippen LogP contribution in [0.4, 0.5) is 11.4 Å². The highest BCUT2D eigenvalue weighted by Crippen LogP contribution is 2.25. The minimum absolute atomic E-state index is 0.830. The number of nitrogen functional groups attached to an aromatic ring is 1. The van der Waals surface area contributed by atoms with Gasteiger partial charge in [-0.1, -0.05) is 15.9 Å². The molecule has 0 fully saturated rings. The molecule has 0 aliphatic rings. The van der Waals surface area contributed by atoms with E-state index < -0.39 is 0 Å². The Balaban J connectivity index is 2.61. The van der Waals surface area contributed by atoms with E-state index >= 15 is 0 Å². The van der Waals surface area contributed by atoms with Crippen molar-refractivity contribution in [1.29, 1.82) is 0 Å². The first kappa shape index (κ1) is 12.7. The molecule has 84 valence electrons. The summed E-state index contributed by atoms with van der Waals surface area (Å²) in [7, 11) is 2.08. The van der Waals surface area contributed by atoms with Crippen LogP contribution in [0.1, 0.15) is 6.42 Å². The van der Waals surface area contributed by atoms with Gasteiger partial charge in [0.05, 0.1) is 11.4 Å². The van der Waals surface area contributed by atoms with Gasteiger partial charge >= 0.3 is 0 Å². The van der Waals surface area contributed by atoms with Crippen LogP contribution < -0.4 is 10.6 Å². The molecular weight excluding hydrogens is 272 g/mol. The lowest BCUT2D eigenvalue weighted by molar-refractivity contribution is 0.861. The van der Waals surface area contributed by atoms with Crippen LogP contribution in [0.2, 0.25) is 0 Å².